The third-order valence-corrected chi connectivity index (χ3v) is 4.80. The van der Waals surface area contributed by atoms with Gasteiger partial charge in [-0.15, -0.1) is 0 Å². The van der Waals surface area contributed by atoms with Crippen molar-refractivity contribution >= 4 is 34.5 Å². The van der Waals surface area contributed by atoms with Crippen molar-refractivity contribution in [3.8, 4) is 0 Å². The van der Waals surface area contributed by atoms with Crippen molar-refractivity contribution in [2.75, 3.05) is 25.0 Å². The molecule has 130 valence electrons. The number of hydrogen-bond donors (Lipinski definition) is 1. The predicted molar refractivity (Wildman–Crippen MR) is 104 cm³/mol. The fourth-order valence-electron chi connectivity index (χ4n) is 3.20. The number of aromatic nitrogens is 1. The summed E-state index contributed by atoms with van der Waals surface area (Å²) < 4.78 is 0. The zero-order valence-electron chi connectivity index (χ0n) is 14.3. The molecular weight excluding hydrogens is 332 g/mol. The molecule has 0 unspecified atom stereocenters. The molecular formula is C19H22N4OS. The molecule has 0 atom stereocenters. The fraction of sp³-hybridized carbons (Fsp3) is 0.316. The number of ketones is 1. The van der Waals surface area contributed by atoms with Gasteiger partial charge in [-0.3, -0.25) is 14.7 Å². The number of nitrogens with zero attached hydrogens (tertiary/aromatic N) is 3. The highest BCUT2D eigenvalue weighted by Crippen LogP contribution is 2.28. The molecule has 25 heavy (non-hydrogen) atoms. The Bertz CT molecular complexity index is 757. The smallest absolute Gasteiger partial charge is 0.175 e. The van der Waals surface area contributed by atoms with Crippen LogP contribution in [0.25, 0.3) is 0 Å². The number of piperidine rings is 1. The van der Waals surface area contributed by atoms with Crippen LogP contribution in [0, 0.1) is 5.92 Å². The number of likely N-dealkylation sites (tertiary alicyclic amines) is 1. The van der Waals surface area contributed by atoms with Crippen LogP contribution in [0.15, 0.2) is 48.8 Å². The standard InChI is InChI=1S/C19H22N4OS/c1-22-11-7-14(8-12-22)18(24)15-3-2-4-17(13-15)23(19(20)25)16-5-9-21-10-6-16/h2-6,9-10,13-14H,7-8,11-12H2,1H3,(H2,20,25). The molecule has 1 aromatic heterocycles. The van der Waals surface area contributed by atoms with Crippen molar-refractivity contribution in [2.24, 2.45) is 11.7 Å². The number of thiocarbonyl (C=S) groups is 1. The lowest BCUT2D eigenvalue weighted by molar-refractivity contribution is 0.0857. The van der Waals surface area contributed by atoms with Gasteiger partial charge in [-0.1, -0.05) is 12.1 Å². The van der Waals surface area contributed by atoms with Crippen molar-refractivity contribution in [1.29, 1.82) is 0 Å². The molecule has 1 aliphatic rings. The summed E-state index contributed by atoms with van der Waals surface area (Å²) in [6.45, 7) is 1.93. The van der Waals surface area contributed by atoms with E-state index in [1.54, 1.807) is 17.3 Å². The summed E-state index contributed by atoms with van der Waals surface area (Å²) in [5, 5.41) is 0.232. The van der Waals surface area contributed by atoms with Crippen LogP contribution >= 0.6 is 12.2 Å². The summed E-state index contributed by atoms with van der Waals surface area (Å²) >= 11 is 5.22. The Labute approximate surface area is 153 Å². The molecule has 2 heterocycles. The third kappa shape index (κ3) is 4.03. The first-order valence-corrected chi connectivity index (χ1v) is 8.79. The highest BCUT2D eigenvalue weighted by molar-refractivity contribution is 7.80. The monoisotopic (exact) mass is 354 g/mol. The number of carbonyl (C=O) groups excluding carboxylic acids is 1. The van der Waals surface area contributed by atoms with Gasteiger partial charge in [0.1, 0.15) is 0 Å². The Balaban J connectivity index is 1.87. The van der Waals surface area contributed by atoms with E-state index in [2.05, 4.69) is 16.9 Å². The van der Waals surface area contributed by atoms with Crippen LogP contribution in [0.3, 0.4) is 0 Å². The molecule has 1 aromatic carbocycles. The fourth-order valence-corrected chi connectivity index (χ4v) is 3.41. The van der Waals surface area contributed by atoms with Gasteiger partial charge >= 0.3 is 0 Å². The second-order valence-electron chi connectivity index (χ2n) is 6.37. The van der Waals surface area contributed by atoms with Crippen LogP contribution in [-0.4, -0.2) is 40.9 Å². The second-order valence-corrected chi connectivity index (χ2v) is 6.79. The van der Waals surface area contributed by atoms with E-state index in [-0.39, 0.29) is 16.8 Å². The zero-order valence-corrected chi connectivity index (χ0v) is 15.1. The van der Waals surface area contributed by atoms with E-state index >= 15 is 0 Å². The average Bonchev–Trinajstić information content (AvgIpc) is 2.63. The molecule has 5 nitrogen and oxygen atoms in total. The molecule has 0 amide bonds. The Morgan fingerprint density at radius 3 is 2.52 bits per heavy atom. The first-order chi connectivity index (χ1) is 12.1. The number of carbonyl (C=O) groups is 1. The van der Waals surface area contributed by atoms with Crippen molar-refractivity contribution in [2.45, 2.75) is 12.8 Å². The van der Waals surface area contributed by atoms with E-state index in [1.807, 2.05) is 36.4 Å². The van der Waals surface area contributed by atoms with Crippen LogP contribution in [0.4, 0.5) is 11.4 Å². The topological polar surface area (TPSA) is 62.5 Å². The van der Waals surface area contributed by atoms with E-state index in [9.17, 15) is 4.79 Å². The maximum absolute atomic E-state index is 12.9. The molecule has 0 spiro atoms. The number of pyridine rings is 1. The van der Waals surface area contributed by atoms with Crippen LogP contribution in [0.5, 0.6) is 0 Å². The van der Waals surface area contributed by atoms with Gasteiger partial charge in [0.05, 0.1) is 5.69 Å². The maximum atomic E-state index is 12.9. The third-order valence-electron chi connectivity index (χ3n) is 4.62. The number of hydrogen-bond acceptors (Lipinski definition) is 4. The van der Waals surface area contributed by atoms with Crippen molar-refractivity contribution < 1.29 is 4.79 Å². The molecule has 0 aliphatic carbocycles. The number of anilines is 2. The highest BCUT2D eigenvalue weighted by atomic mass is 32.1. The molecule has 1 aliphatic heterocycles. The summed E-state index contributed by atoms with van der Waals surface area (Å²) in [6, 6.07) is 11.2. The minimum Gasteiger partial charge on any atom is -0.376 e. The molecule has 0 bridgehead atoms. The van der Waals surface area contributed by atoms with Crippen LogP contribution in [0.2, 0.25) is 0 Å². The summed E-state index contributed by atoms with van der Waals surface area (Å²) in [4.78, 5) is 20.9. The lowest BCUT2D eigenvalue weighted by Crippen LogP contribution is -2.34. The Morgan fingerprint density at radius 1 is 1.20 bits per heavy atom. The van der Waals surface area contributed by atoms with E-state index in [0.29, 0.717) is 5.56 Å². The lowest BCUT2D eigenvalue weighted by Gasteiger charge is -2.28. The number of rotatable bonds is 4. The number of nitrogens with two attached hydrogens (primary N) is 1. The molecule has 3 rings (SSSR count). The number of benzene rings is 1. The van der Waals surface area contributed by atoms with Gasteiger partial charge in [0, 0.05) is 29.6 Å². The zero-order chi connectivity index (χ0) is 17.8. The van der Waals surface area contributed by atoms with E-state index in [4.69, 9.17) is 18.0 Å². The average molecular weight is 354 g/mol. The van der Waals surface area contributed by atoms with Gasteiger partial charge in [-0.2, -0.15) is 0 Å². The van der Waals surface area contributed by atoms with Crippen molar-refractivity contribution in [3.05, 3.63) is 54.4 Å². The molecule has 1 saturated heterocycles. The van der Waals surface area contributed by atoms with Gasteiger partial charge in [-0.25, -0.2) is 0 Å². The van der Waals surface area contributed by atoms with Crippen molar-refractivity contribution in [3.63, 3.8) is 0 Å². The minimum atomic E-state index is 0.0886. The summed E-state index contributed by atoms with van der Waals surface area (Å²) in [5.41, 5.74) is 8.26. The molecule has 2 N–H and O–H groups in total. The second kappa shape index (κ2) is 7.72. The van der Waals surface area contributed by atoms with Gasteiger partial charge in [0.15, 0.2) is 10.9 Å². The van der Waals surface area contributed by atoms with Crippen LogP contribution in [-0.2, 0) is 0 Å². The van der Waals surface area contributed by atoms with Gasteiger partial charge in [-0.05, 0) is 69.5 Å². The Morgan fingerprint density at radius 2 is 1.88 bits per heavy atom. The van der Waals surface area contributed by atoms with Gasteiger partial charge in [0.25, 0.3) is 0 Å². The minimum absolute atomic E-state index is 0.0886. The normalized spacial score (nSPS) is 15.7. The molecule has 0 radical (unpaired) electrons. The van der Waals surface area contributed by atoms with Crippen LogP contribution in [0.1, 0.15) is 23.2 Å². The molecule has 0 saturated carbocycles. The quantitative estimate of drug-likeness (QED) is 0.673. The number of Topliss-reactive ketones (excluding diaryl/α,β-unsaturated/α-hetero) is 1. The summed E-state index contributed by atoms with van der Waals surface area (Å²) in [7, 11) is 2.09. The van der Waals surface area contributed by atoms with Crippen LogP contribution < -0.4 is 10.6 Å². The van der Waals surface area contributed by atoms with Gasteiger partial charge < -0.3 is 10.6 Å². The highest BCUT2D eigenvalue weighted by Gasteiger charge is 2.25. The first kappa shape index (κ1) is 17.5. The Hall–Kier alpha value is -2.31. The predicted octanol–water partition coefficient (Wildman–Crippen LogP) is 2.99. The van der Waals surface area contributed by atoms with E-state index in [0.717, 1.165) is 37.3 Å². The maximum Gasteiger partial charge on any atom is 0.175 e. The van der Waals surface area contributed by atoms with Crippen molar-refractivity contribution in [1.82, 2.24) is 9.88 Å². The molecule has 1 fully saturated rings. The van der Waals surface area contributed by atoms with Gasteiger partial charge in [0.2, 0.25) is 0 Å². The summed E-state index contributed by atoms with van der Waals surface area (Å²) in [5.74, 6) is 0.290. The lowest BCUT2D eigenvalue weighted by atomic mass is 9.89. The van der Waals surface area contributed by atoms with E-state index < -0.39 is 0 Å². The Kier molecular flexibility index (Phi) is 5.40. The largest absolute Gasteiger partial charge is 0.376 e. The first-order valence-electron chi connectivity index (χ1n) is 8.38. The molecule has 2 aromatic rings. The summed E-state index contributed by atoms with van der Waals surface area (Å²) in [6.07, 6.45) is 5.19. The SMILES string of the molecule is CN1CCC(C(=O)c2cccc(N(C(N)=S)c3ccncc3)c2)CC1. The van der Waals surface area contributed by atoms with E-state index in [1.165, 1.54) is 0 Å². The molecule has 6 heteroatoms.